The van der Waals surface area contributed by atoms with Crippen LogP contribution in [-0.4, -0.2) is 32.5 Å². The zero-order valence-electron chi connectivity index (χ0n) is 14.2. The lowest BCUT2D eigenvalue weighted by molar-refractivity contribution is -0.116. The van der Waals surface area contributed by atoms with Gasteiger partial charge in [-0.3, -0.25) is 4.79 Å². The van der Waals surface area contributed by atoms with E-state index in [4.69, 9.17) is 4.42 Å². The first-order valence-electron chi connectivity index (χ1n) is 8.05. The van der Waals surface area contributed by atoms with Crippen LogP contribution in [0.4, 0.5) is 5.69 Å². The lowest BCUT2D eigenvalue weighted by Gasteiger charge is -2.26. The van der Waals surface area contributed by atoms with Crippen LogP contribution in [-0.2, 0) is 11.3 Å². The second kappa shape index (κ2) is 8.02. The highest BCUT2D eigenvalue weighted by molar-refractivity contribution is 7.99. The normalized spacial score (nSPS) is 11.0. The Morgan fingerprint density at radius 3 is 2.72 bits per heavy atom. The number of hydrogen-bond acceptors (Lipinski definition) is 5. The molecule has 0 saturated heterocycles. The summed E-state index contributed by atoms with van der Waals surface area (Å²) < 4.78 is 7.23. The largest absolute Gasteiger partial charge is 0.467 e. The molecule has 3 rings (SSSR count). The number of amides is 1. The Kier molecular flexibility index (Phi) is 5.55. The standard InChI is InChI=1S/C18H20N4O2S/c1-14(2)22(15-7-4-3-5-8-15)17(23)12-25-18-20-19-13-21(18)11-16-9-6-10-24-16/h3-10,13-14H,11-12H2,1-2H3. The fourth-order valence-electron chi connectivity index (χ4n) is 2.55. The highest BCUT2D eigenvalue weighted by atomic mass is 32.2. The van der Waals surface area contributed by atoms with Crippen LogP contribution in [0.3, 0.4) is 0 Å². The SMILES string of the molecule is CC(C)N(C(=O)CSc1nncn1Cc1ccco1)c1ccccc1. The summed E-state index contributed by atoms with van der Waals surface area (Å²) in [7, 11) is 0. The second-order valence-corrected chi connectivity index (χ2v) is 6.74. The van der Waals surface area contributed by atoms with Gasteiger partial charge in [0.25, 0.3) is 0 Å². The third-order valence-corrected chi connectivity index (χ3v) is 4.60. The Labute approximate surface area is 150 Å². The van der Waals surface area contributed by atoms with Gasteiger partial charge in [0.1, 0.15) is 12.1 Å². The van der Waals surface area contributed by atoms with Gasteiger partial charge in [-0.2, -0.15) is 0 Å². The quantitative estimate of drug-likeness (QED) is 0.607. The first-order chi connectivity index (χ1) is 12.1. The molecule has 3 aromatic rings. The van der Waals surface area contributed by atoms with Crippen LogP contribution >= 0.6 is 11.8 Å². The van der Waals surface area contributed by atoms with Crippen molar-refractivity contribution in [3.05, 3.63) is 60.8 Å². The number of aromatic nitrogens is 3. The number of carbonyl (C=O) groups is 1. The average molecular weight is 356 g/mol. The number of hydrogen-bond donors (Lipinski definition) is 0. The number of thioether (sulfide) groups is 1. The minimum atomic E-state index is 0.0405. The van der Waals surface area contributed by atoms with Gasteiger partial charge >= 0.3 is 0 Å². The van der Waals surface area contributed by atoms with Crippen molar-refractivity contribution in [1.29, 1.82) is 0 Å². The molecule has 0 aliphatic heterocycles. The predicted molar refractivity (Wildman–Crippen MR) is 97.6 cm³/mol. The summed E-state index contributed by atoms with van der Waals surface area (Å²) in [6, 6.07) is 13.5. The van der Waals surface area contributed by atoms with Gasteiger partial charge in [-0.05, 0) is 38.1 Å². The van der Waals surface area contributed by atoms with Gasteiger partial charge in [0.15, 0.2) is 5.16 Å². The molecule has 7 heteroatoms. The van der Waals surface area contributed by atoms with Gasteiger partial charge in [-0.15, -0.1) is 10.2 Å². The van der Waals surface area contributed by atoms with E-state index in [1.54, 1.807) is 17.5 Å². The van der Waals surface area contributed by atoms with Crippen molar-refractivity contribution in [2.75, 3.05) is 10.7 Å². The molecule has 0 radical (unpaired) electrons. The molecular weight excluding hydrogens is 336 g/mol. The van der Waals surface area contributed by atoms with Gasteiger partial charge in [0, 0.05) is 11.7 Å². The lowest BCUT2D eigenvalue weighted by Crippen LogP contribution is -2.38. The zero-order valence-corrected chi connectivity index (χ0v) is 15.0. The maximum absolute atomic E-state index is 12.7. The summed E-state index contributed by atoms with van der Waals surface area (Å²) in [5.74, 6) is 1.16. The lowest BCUT2D eigenvalue weighted by atomic mass is 10.2. The third kappa shape index (κ3) is 4.30. The smallest absolute Gasteiger partial charge is 0.237 e. The van der Waals surface area contributed by atoms with E-state index < -0.39 is 0 Å². The van der Waals surface area contributed by atoms with Gasteiger partial charge in [-0.25, -0.2) is 0 Å². The number of para-hydroxylation sites is 1. The minimum absolute atomic E-state index is 0.0405. The van der Waals surface area contributed by atoms with Crippen molar-refractivity contribution in [2.24, 2.45) is 0 Å². The van der Waals surface area contributed by atoms with Crippen molar-refractivity contribution in [1.82, 2.24) is 14.8 Å². The molecule has 0 N–H and O–H groups in total. The van der Waals surface area contributed by atoms with Gasteiger partial charge in [0.05, 0.1) is 18.6 Å². The molecule has 0 aliphatic rings. The van der Waals surface area contributed by atoms with E-state index in [9.17, 15) is 4.79 Å². The summed E-state index contributed by atoms with van der Waals surface area (Å²) in [6.07, 6.45) is 3.28. The first kappa shape index (κ1) is 17.3. The summed E-state index contributed by atoms with van der Waals surface area (Å²) in [6.45, 7) is 4.56. The number of nitrogens with zero attached hydrogens (tertiary/aromatic N) is 4. The highest BCUT2D eigenvalue weighted by Crippen LogP contribution is 2.21. The van der Waals surface area contributed by atoms with Crippen LogP contribution in [0.15, 0.2) is 64.6 Å². The Morgan fingerprint density at radius 1 is 1.24 bits per heavy atom. The van der Waals surface area contributed by atoms with E-state index in [2.05, 4.69) is 10.2 Å². The van der Waals surface area contributed by atoms with Gasteiger partial charge in [-0.1, -0.05) is 30.0 Å². The van der Waals surface area contributed by atoms with Crippen molar-refractivity contribution in [3.8, 4) is 0 Å². The summed E-state index contributed by atoms with van der Waals surface area (Å²) in [5.41, 5.74) is 0.903. The van der Waals surface area contributed by atoms with Crippen LogP contribution in [0.25, 0.3) is 0 Å². The topological polar surface area (TPSA) is 64.2 Å². The van der Waals surface area contributed by atoms with Crippen LogP contribution < -0.4 is 4.90 Å². The Bertz CT molecular complexity index is 800. The molecule has 0 unspecified atom stereocenters. The maximum Gasteiger partial charge on any atom is 0.237 e. The zero-order chi connectivity index (χ0) is 17.6. The number of benzene rings is 1. The molecule has 6 nitrogen and oxygen atoms in total. The summed E-state index contributed by atoms with van der Waals surface area (Å²) >= 11 is 1.38. The molecule has 2 heterocycles. The van der Waals surface area contributed by atoms with E-state index in [0.29, 0.717) is 17.5 Å². The van der Waals surface area contributed by atoms with Crippen molar-refractivity contribution in [2.45, 2.75) is 31.6 Å². The second-order valence-electron chi connectivity index (χ2n) is 5.80. The molecule has 0 fully saturated rings. The van der Waals surface area contributed by atoms with Crippen molar-refractivity contribution >= 4 is 23.4 Å². The Balaban J connectivity index is 1.66. The molecule has 2 aromatic heterocycles. The summed E-state index contributed by atoms with van der Waals surface area (Å²) in [4.78, 5) is 14.5. The van der Waals surface area contributed by atoms with E-state index in [0.717, 1.165) is 11.4 Å². The molecule has 0 spiro atoms. The Hall–Kier alpha value is -2.54. The molecule has 130 valence electrons. The number of carbonyl (C=O) groups excluding carboxylic acids is 1. The fraction of sp³-hybridized carbons (Fsp3) is 0.278. The third-order valence-electron chi connectivity index (χ3n) is 3.63. The molecule has 1 amide bonds. The maximum atomic E-state index is 12.7. The van der Waals surface area contributed by atoms with Crippen LogP contribution in [0.1, 0.15) is 19.6 Å². The van der Waals surface area contributed by atoms with Gasteiger partial charge in [0.2, 0.25) is 5.91 Å². The minimum Gasteiger partial charge on any atom is -0.467 e. The average Bonchev–Trinajstić information content (AvgIpc) is 3.26. The predicted octanol–water partition coefficient (Wildman–Crippen LogP) is 3.45. The highest BCUT2D eigenvalue weighted by Gasteiger charge is 2.20. The van der Waals surface area contributed by atoms with Crippen molar-refractivity contribution in [3.63, 3.8) is 0 Å². The van der Waals surface area contributed by atoms with E-state index in [-0.39, 0.29) is 11.9 Å². The summed E-state index contributed by atoms with van der Waals surface area (Å²) in [5, 5.41) is 8.75. The van der Waals surface area contributed by atoms with Crippen molar-refractivity contribution < 1.29 is 9.21 Å². The van der Waals surface area contributed by atoms with E-state index in [1.165, 1.54) is 11.8 Å². The van der Waals surface area contributed by atoms with E-state index in [1.807, 2.05) is 60.9 Å². The van der Waals surface area contributed by atoms with E-state index >= 15 is 0 Å². The molecule has 1 aromatic carbocycles. The number of furan rings is 1. The molecule has 0 bridgehead atoms. The monoisotopic (exact) mass is 356 g/mol. The Morgan fingerprint density at radius 2 is 2.04 bits per heavy atom. The van der Waals surface area contributed by atoms with Crippen LogP contribution in [0.2, 0.25) is 0 Å². The fourth-order valence-corrected chi connectivity index (χ4v) is 3.32. The van der Waals surface area contributed by atoms with Gasteiger partial charge < -0.3 is 13.9 Å². The molecular formula is C18H20N4O2S. The number of anilines is 1. The van der Waals surface area contributed by atoms with Crippen LogP contribution in [0, 0.1) is 0 Å². The number of rotatable bonds is 7. The molecule has 0 aliphatic carbocycles. The van der Waals surface area contributed by atoms with Crippen LogP contribution in [0.5, 0.6) is 0 Å². The molecule has 25 heavy (non-hydrogen) atoms. The first-order valence-corrected chi connectivity index (χ1v) is 9.04. The molecule has 0 atom stereocenters. The molecule has 0 saturated carbocycles.